The number of likely N-dealkylation sites (tertiary alicyclic amines) is 1. The number of carbonyl (C=O) groups is 1. The molecule has 0 atom stereocenters. The van der Waals surface area contributed by atoms with Crippen molar-refractivity contribution in [3.05, 3.63) is 28.7 Å². The zero-order valence-electron chi connectivity index (χ0n) is 16.3. The topological polar surface area (TPSA) is 101 Å². The number of benzene rings is 1. The van der Waals surface area contributed by atoms with Crippen molar-refractivity contribution in [2.75, 3.05) is 18.8 Å². The van der Waals surface area contributed by atoms with Crippen LogP contribution in [0.1, 0.15) is 40.0 Å². The number of amides is 1. The lowest BCUT2D eigenvalue weighted by Gasteiger charge is -2.36. The maximum atomic E-state index is 13.0. The first-order chi connectivity index (χ1) is 12.9. The van der Waals surface area contributed by atoms with Crippen molar-refractivity contribution >= 4 is 41.7 Å². The molecular formula is C18H27BrN2O5S2. The number of hydrogen-bond acceptors (Lipinski definition) is 5. The van der Waals surface area contributed by atoms with E-state index in [4.69, 9.17) is 0 Å². The second kappa shape index (κ2) is 8.81. The number of rotatable bonds is 7. The van der Waals surface area contributed by atoms with Crippen molar-refractivity contribution in [1.82, 2.24) is 9.62 Å². The minimum atomic E-state index is -3.88. The summed E-state index contributed by atoms with van der Waals surface area (Å²) < 4.78 is 51.7. The molecule has 7 nitrogen and oxygen atoms in total. The molecule has 10 heteroatoms. The van der Waals surface area contributed by atoms with Gasteiger partial charge in [-0.25, -0.2) is 21.6 Å². The molecule has 1 aromatic carbocycles. The fourth-order valence-electron chi connectivity index (χ4n) is 3.19. The predicted octanol–water partition coefficient (Wildman–Crippen LogP) is 2.32. The maximum absolute atomic E-state index is 13.0. The van der Waals surface area contributed by atoms with E-state index in [2.05, 4.69) is 20.7 Å². The van der Waals surface area contributed by atoms with Crippen LogP contribution in [0.5, 0.6) is 0 Å². The number of halogens is 1. The molecule has 0 unspecified atom stereocenters. The molecule has 1 aliphatic heterocycles. The fourth-order valence-corrected chi connectivity index (χ4v) is 6.29. The summed E-state index contributed by atoms with van der Waals surface area (Å²) >= 11 is 3.27. The summed E-state index contributed by atoms with van der Waals surface area (Å²) in [5.41, 5.74) is 0. The van der Waals surface area contributed by atoms with E-state index in [-0.39, 0.29) is 16.7 Å². The van der Waals surface area contributed by atoms with Crippen LogP contribution >= 0.6 is 15.9 Å². The fraction of sp³-hybridized carbons (Fsp3) is 0.611. The van der Waals surface area contributed by atoms with E-state index < -0.39 is 30.5 Å². The number of carbonyl (C=O) groups excluding carboxylic acids is 1. The molecule has 0 bridgehead atoms. The number of nitrogens with zero attached hydrogens (tertiary/aromatic N) is 1. The van der Waals surface area contributed by atoms with Crippen LogP contribution in [0, 0.1) is 0 Å². The van der Waals surface area contributed by atoms with E-state index >= 15 is 0 Å². The summed E-state index contributed by atoms with van der Waals surface area (Å²) in [4.78, 5) is 14.6. The van der Waals surface area contributed by atoms with Crippen molar-refractivity contribution in [2.24, 2.45) is 0 Å². The Morgan fingerprint density at radius 2 is 1.68 bits per heavy atom. The third kappa shape index (κ3) is 5.14. The minimum Gasteiger partial charge on any atom is -0.341 e. The molecule has 0 aliphatic carbocycles. The average molecular weight is 495 g/mol. The van der Waals surface area contributed by atoms with Gasteiger partial charge in [0.15, 0.2) is 9.84 Å². The smallest absolute Gasteiger partial charge is 0.243 e. The van der Waals surface area contributed by atoms with Crippen LogP contribution in [-0.2, 0) is 24.7 Å². The highest BCUT2D eigenvalue weighted by Gasteiger charge is 2.45. The highest BCUT2D eigenvalue weighted by molar-refractivity contribution is 9.10. The lowest BCUT2D eigenvalue weighted by molar-refractivity contribution is -0.134. The number of sulfonamides is 1. The Kier molecular flexibility index (Phi) is 7.33. The number of sulfone groups is 1. The van der Waals surface area contributed by atoms with Crippen molar-refractivity contribution in [1.29, 1.82) is 0 Å². The second-order valence-electron chi connectivity index (χ2n) is 7.47. The first-order valence-electron chi connectivity index (χ1n) is 9.20. The van der Waals surface area contributed by atoms with Gasteiger partial charge in [-0.05, 0) is 57.4 Å². The van der Waals surface area contributed by atoms with Crippen LogP contribution in [0.15, 0.2) is 33.6 Å². The zero-order chi connectivity index (χ0) is 21.2. The van der Waals surface area contributed by atoms with E-state index in [9.17, 15) is 21.6 Å². The molecule has 0 saturated carbocycles. The van der Waals surface area contributed by atoms with Crippen molar-refractivity contribution < 1.29 is 21.6 Å². The first kappa shape index (κ1) is 23.3. The van der Waals surface area contributed by atoms with Crippen molar-refractivity contribution in [2.45, 2.75) is 55.7 Å². The van der Waals surface area contributed by atoms with Gasteiger partial charge in [0.1, 0.15) is 4.75 Å². The van der Waals surface area contributed by atoms with Gasteiger partial charge >= 0.3 is 0 Å². The van der Waals surface area contributed by atoms with Crippen LogP contribution in [0.4, 0.5) is 0 Å². The van der Waals surface area contributed by atoms with E-state index in [1.165, 1.54) is 30.9 Å². The van der Waals surface area contributed by atoms with Gasteiger partial charge in [0.2, 0.25) is 15.9 Å². The summed E-state index contributed by atoms with van der Waals surface area (Å²) in [6.07, 6.45) is 1.46. The Morgan fingerprint density at radius 1 is 1.14 bits per heavy atom. The highest BCUT2D eigenvalue weighted by Crippen LogP contribution is 2.29. The Balaban J connectivity index is 2.08. The number of nitrogens with one attached hydrogen (secondary N) is 1. The average Bonchev–Trinajstić information content (AvgIpc) is 2.61. The summed E-state index contributed by atoms with van der Waals surface area (Å²) in [5.74, 6) is -0.393. The largest absolute Gasteiger partial charge is 0.341 e. The first-order valence-corrected chi connectivity index (χ1v) is 13.1. The SMILES string of the molecule is CCCS(=O)(=O)NC1CCN(C(=O)C(C)(C)S(=O)(=O)c2ccc(Br)cc2)CC1. The quantitative estimate of drug-likeness (QED) is 0.626. The van der Waals surface area contributed by atoms with Crippen LogP contribution in [0.25, 0.3) is 0 Å². The van der Waals surface area contributed by atoms with Gasteiger partial charge in [0, 0.05) is 23.6 Å². The molecule has 28 heavy (non-hydrogen) atoms. The van der Waals surface area contributed by atoms with Gasteiger partial charge in [-0.2, -0.15) is 0 Å². The Morgan fingerprint density at radius 3 is 2.18 bits per heavy atom. The Bertz CT molecular complexity index is 904. The molecule has 158 valence electrons. The molecule has 1 aromatic rings. The summed E-state index contributed by atoms with van der Waals surface area (Å²) in [5, 5.41) is 0. The van der Waals surface area contributed by atoms with Crippen LogP contribution in [0.3, 0.4) is 0 Å². The summed E-state index contributed by atoms with van der Waals surface area (Å²) in [6, 6.07) is 5.97. The summed E-state index contributed by atoms with van der Waals surface area (Å²) in [6.45, 7) is 5.27. The van der Waals surface area contributed by atoms with Crippen molar-refractivity contribution in [3.63, 3.8) is 0 Å². The standard InChI is InChI=1S/C18H27BrN2O5S2/c1-4-13-27(23,24)20-15-9-11-21(12-10-15)17(22)18(2,3)28(25,26)16-7-5-14(19)6-8-16/h5-8,15,20H,4,9-13H2,1-3H3. The Hall–Kier alpha value is -0.970. The van der Waals surface area contributed by atoms with Gasteiger partial charge in [-0.3, -0.25) is 4.79 Å². The molecule has 1 heterocycles. The van der Waals surface area contributed by atoms with Gasteiger partial charge in [0.05, 0.1) is 10.6 Å². The van der Waals surface area contributed by atoms with Crippen LogP contribution in [0.2, 0.25) is 0 Å². The van der Waals surface area contributed by atoms with Gasteiger partial charge < -0.3 is 4.90 Å². The molecule has 1 aliphatic rings. The second-order valence-corrected chi connectivity index (χ2v) is 12.8. The van der Waals surface area contributed by atoms with E-state index in [0.29, 0.717) is 32.4 Å². The van der Waals surface area contributed by atoms with E-state index in [0.717, 1.165) is 4.47 Å². The number of piperidine rings is 1. The third-order valence-electron chi connectivity index (χ3n) is 4.91. The van der Waals surface area contributed by atoms with Gasteiger partial charge in [-0.1, -0.05) is 22.9 Å². The van der Waals surface area contributed by atoms with E-state index in [1.54, 1.807) is 19.1 Å². The zero-order valence-corrected chi connectivity index (χ0v) is 19.5. The van der Waals surface area contributed by atoms with Crippen LogP contribution < -0.4 is 4.72 Å². The lowest BCUT2D eigenvalue weighted by Crippen LogP contribution is -2.54. The normalized spacial score (nSPS) is 16.9. The molecule has 0 radical (unpaired) electrons. The number of hydrogen-bond donors (Lipinski definition) is 1. The molecule has 2 rings (SSSR count). The lowest BCUT2D eigenvalue weighted by atomic mass is 10.0. The predicted molar refractivity (Wildman–Crippen MR) is 112 cm³/mol. The molecule has 0 aromatic heterocycles. The highest BCUT2D eigenvalue weighted by atomic mass is 79.9. The maximum Gasteiger partial charge on any atom is 0.243 e. The minimum absolute atomic E-state index is 0.0740. The monoisotopic (exact) mass is 494 g/mol. The molecule has 1 amide bonds. The molecular weight excluding hydrogens is 468 g/mol. The van der Waals surface area contributed by atoms with E-state index in [1.807, 2.05) is 0 Å². The summed E-state index contributed by atoms with van der Waals surface area (Å²) in [7, 11) is -7.19. The molecule has 1 N–H and O–H groups in total. The van der Waals surface area contributed by atoms with Gasteiger partial charge in [0.25, 0.3) is 0 Å². The molecule has 0 spiro atoms. The van der Waals surface area contributed by atoms with Gasteiger partial charge in [-0.15, -0.1) is 0 Å². The molecule has 1 saturated heterocycles. The molecule has 1 fully saturated rings. The Labute approximate surface area is 176 Å². The third-order valence-corrected chi connectivity index (χ3v) is 9.49. The van der Waals surface area contributed by atoms with Crippen LogP contribution in [-0.4, -0.2) is 57.3 Å². The van der Waals surface area contributed by atoms with Crippen molar-refractivity contribution in [3.8, 4) is 0 Å².